The van der Waals surface area contributed by atoms with Crippen LogP contribution in [0.4, 0.5) is 18.9 Å². The van der Waals surface area contributed by atoms with E-state index >= 15 is 0 Å². The number of thiazole rings is 1. The molecule has 28 heavy (non-hydrogen) atoms. The molecule has 5 nitrogen and oxygen atoms in total. The average Bonchev–Trinajstić information content (AvgIpc) is 3.31. The van der Waals surface area contributed by atoms with Gasteiger partial charge in [0.15, 0.2) is 0 Å². The Morgan fingerprint density at radius 2 is 1.89 bits per heavy atom. The van der Waals surface area contributed by atoms with E-state index in [0.29, 0.717) is 5.69 Å². The zero-order valence-electron chi connectivity index (χ0n) is 14.2. The molecule has 0 aliphatic carbocycles. The van der Waals surface area contributed by atoms with Crippen LogP contribution in [-0.2, 0) is 11.2 Å². The van der Waals surface area contributed by atoms with Crippen LogP contribution in [0.1, 0.15) is 16.1 Å². The number of anilines is 1. The number of benzene rings is 1. The van der Waals surface area contributed by atoms with Gasteiger partial charge >= 0.3 is 6.18 Å². The van der Waals surface area contributed by atoms with Crippen LogP contribution in [0.15, 0.2) is 46.5 Å². The first-order valence-corrected chi connectivity index (χ1v) is 9.85. The van der Waals surface area contributed by atoms with Gasteiger partial charge in [-0.3, -0.25) is 9.59 Å². The Balaban J connectivity index is 1.65. The highest BCUT2D eigenvalue weighted by Crippen LogP contribution is 2.26. The Hall–Kier alpha value is -2.72. The Labute approximate surface area is 166 Å². The summed E-state index contributed by atoms with van der Waals surface area (Å²) in [5.74, 6) is -1.33. The van der Waals surface area contributed by atoms with Gasteiger partial charge in [0.2, 0.25) is 5.91 Å². The van der Waals surface area contributed by atoms with Crippen molar-refractivity contribution in [2.75, 3.05) is 11.9 Å². The minimum absolute atomic E-state index is 0.0147. The van der Waals surface area contributed by atoms with Gasteiger partial charge in [0.25, 0.3) is 5.91 Å². The number of halogens is 3. The maximum absolute atomic E-state index is 12.3. The van der Waals surface area contributed by atoms with Crippen LogP contribution in [0.5, 0.6) is 0 Å². The van der Waals surface area contributed by atoms with Crippen molar-refractivity contribution in [1.29, 1.82) is 0 Å². The third-order valence-electron chi connectivity index (χ3n) is 3.56. The summed E-state index contributed by atoms with van der Waals surface area (Å²) in [4.78, 5) is 28.7. The van der Waals surface area contributed by atoms with Crippen LogP contribution in [0.25, 0.3) is 10.6 Å². The van der Waals surface area contributed by atoms with Gasteiger partial charge in [-0.15, -0.1) is 11.3 Å². The number of hydrogen-bond donors (Lipinski definition) is 2. The van der Waals surface area contributed by atoms with Gasteiger partial charge in [0, 0.05) is 16.3 Å². The summed E-state index contributed by atoms with van der Waals surface area (Å²) in [6, 6.07) is 7.82. The Morgan fingerprint density at radius 1 is 1.11 bits per heavy atom. The molecular weight excluding hydrogens is 411 g/mol. The summed E-state index contributed by atoms with van der Waals surface area (Å²) >= 11 is 2.97. The largest absolute Gasteiger partial charge is 0.405 e. The monoisotopic (exact) mass is 425 g/mol. The highest BCUT2D eigenvalue weighted by atomic mass is 32.1. The van der Waals surface area contributed by atoms with Gasteiger partial charge in [-0.25, -0.2) is 4.98 Å². The smallest absolute Gasteiger partial charge is 0.343 e. The molecule has 0 bridgehead atoms. The molecule has 0 radical (unpaired) electrons. The number of nitrogens with one attached hydrogen (secondary N) is 2. The molecule has 0 fully saturated rings. The summed E-state index contributed by atoms with van der Waals surface area (Å²) in [6.07, 6.45) is -4.53. The van der Waals surface area contributed by atoms with E-state index in [1.54, 1.807) is 28.1 Å². The molecule has 2 N–H and O–H groups in total. The fourth-order valence-corrected chi connectivity index (χ4v) is 3.86. The van der Waals surface area contributed by atoms with Gasteiger partial charge in [-0.1, -0.05) is 12.1 Å². The first kappa shape index (κ1) is 20.0. The van der Waals surface area contributed by atoms with Crippen LogP contribution >= 0.6 is 22.7 Å². The second-order valence-corrected chi connectivity index (χ2v) is 7.36. The lowest BCUT2D eigenvalue weighted by atomic mass is 10.1. The minimum atomic E-state index is -4.52. The molecule has 0 aliphatic heterocycles. The SMILES string of the molecule is O=C(Cc1csc(-c2ccsc2)n1)Nc1ccccc1C(=O)NCC(F)(F)F. The summed E-state index contributed by atoms with van der Waals surface area (Å²) in [5, 5.41) is 10.8. The van der Waals surface area contributed by atoms with Gasteiger partial charge < -0.3 is 10.6 Å². The van der Waals surface area contributed by atoms with Crippen LogP contribution in [0, 0.1) is 0 Å². The maximum Gasteiger partial charge on any atom is 0.405 e. The molecule has 146 valence electrons. The normalized spacial score (nSPS) is 11.2. The number of amides is 2. The molecule has 0 saturated heterocycles. The van der Waals surface area contributed by atoms with Gasteiger partial charge in [0.05, 0.1) is 23.4 Å². The molecule has 0 saturated carbocycles. The summed E-state index contributed by atoms with van der Waals surface area (Å²) in [5.41, 5.74) is 1.65. The van der Waals surface area contributed by atoms with E-state index in [4.69, 9.17) is 0 Å². The Kier molecular flexibility index (Phi) is 6.10. The lowest BCUT2D eigenvalue weighted by Crippen LogP contribution is -2.34. The summed E-state index contributed by atoms with van der Waals surface area (Å²) < 4.78 is 36.9. The molecule has 10 heteroatoms. The van der Waals surface area contributed by atoms with Gasteiger partial charge in [-0.05, 0) is 23.6 Å². The lowest BCUT2D eigenvalue weighted by molar-refractivity contribution is -0.123. The number of rotatable bonds is 6. The minimum Gasteiger partial charge on any atom is -0.343 e. The summed E-state index contributed by atoms with van der Waals surface area (Å²) in [6.45, 7) is -1.45. The van der Waals surface area contributed by atoms with Crippen molar-refractivity contribution >= 4 is 40.2 Å². The fraction of sp³-hybridized carbons (Fsp3) is 0.167. The molecule has 0 spiro atoms. The number of thiophene rings is 1. The lowest BCUT2D eigenvalue weighted by Gasteiger charge is -2.12. The van der Waals surface area contributed by atoms with Crippen molar-refractivity contribution < 1.29 is 22.8 Å². The first-order valence-electron chi connectivity index (χ1n) is 8.02. The molecule has 0 unspecified atom stereocenters. The number of hydrogen-bond acceptors (Lipinski definition) is 5. The maximum atomic E-state index is 12.3. The van der Waals surface area contributed by atoms with E-state index < -0.39 is 24.5 Å². The van der Waals surface area contributed by atoms with E-state index in [2.05, 4.69) is 10.3 Å². The van der Waals surface area contributed by atoms with Crippen molar-refractivity contribution in [3.05, 3.63) is 57.7 Å². The standard InChI is InChI=1S/C18H14F3N3O2S2/c19-18(20,21)10-22-16(26)13-3-1-2-4-14(13)24-15(25)7-12-9-28-17(23-12)11-5-6-27-8-11/h1-6,8-9H,7,10H2,(H,22,26)(H,24,25). The number of carbonyl (C=O) groups excluding carboxylic acids is 2. The van der Waals surface area contributed by atoms with E-state index in [9.17, 15) is 22.8 Å². The zero-order valence-corrected chi connectivity index (χ0v) is 15.9. The quantitative estimate of drug-likeness (QED) is 0.617. The van der Waals surface area contributed by atoms with E-state index in [0.717, 1.165) is 10.6 Å². The number of carbonyl (C=O) groups is 2. The molecule has 2 amide bonds. The highest BCUT2D eigenvalue weighted by Gasteiger charge is 2.28. The van der Waals surface area contributed by atoms with E-state index in [-0.39, 0.29) is 17.7 Å². The van der Waals surface area contributed by atoms with Crippen molar-refractivity contribution in [1.82, 2.24) is 10.3 Å². The number of para-hydroxylation sites is 1. The molecular formula is C18H14F3N3O2S2. The van der Waals surface area contributed by atoms with Crippen LogP contribution in [0.2, 0.25) is 0 Å². The first-order chi connectivity index (χ1) is 13.3. The van der Waals surface area contributed by atoms with Crippen LogP contribution < -0.4 is 10.6 Å². The second kappa shape index (κ2) is 8.53. The van der Waals surface area contributed by atoms with Crippen molar-refractivity contribution in [2.24, 2.45) is 0 Å². The molecule has 1 aromatic carbocycles. The highest BCUT2D eigenvalue weighted by molar-refractivity contribution is 7.14. The van der Waals surface area contributed by atoms with E-state index in [1.807, 2.05) is 16.8 Å². The zero-order chi connectivity index (χ0) is 20.1. The number of alkyl halides is 3. The topological polar surface area (TPSA) is 71.1 Å². The molecule has 3 rings (SSSR count). The molecule has 3 aromatic rings. The average molecular weight is 425 g/mol. The predicted molar refractivity (Wildman–Crippen MR) is 103 cm³/mol. The van der Waals surface area contributed by atoms with Crippen molar-refractivity contribution in [2.45, 2.75) is 12.6 Å². The Morgan fingerprint density at radius 3 is 2.61 bits per heavy atom. The molecule has 0 atom stereocenters. The third-order valence-corrected chi connectivity index (χ3v) is 5.18. The molecule has 2 heterocycles. The van der Waals surface area contributed by atoms with Crippen LogP contribution in [0.3, 0.4) is 0 Å². The third kappa shape index (κ3) is 5.40. The van der Waals surface area contributed by atoms with Gasteiger partial charge in [-0.2, -0.15) is 24.5 Å². The van der Waals surface area contributed by atoms with Crippen LogP contribution in [-0.4, -0.2) is 29.5 Å². The predicted octanol–water partition coefficient (Wildman–Crippen LogP) is 4.34. The summed E-state index contributed by atoms with van der Waals surface area (Å²) in [7, 11) is 0. The number of aromatic nitrogens is 1. The molecule has 0 aliphatic rings. The molecule has 2 aromatic heterocycles. The van der Waals surface area contributed by atoms with E-state index in [1.165, 1.54) is 29.5 Å². The van der Waals surface area contributed by atoms with Crippen molar-refractivity contribution in [3.8, 4) is 10.6 Å². The van der Waals surface area contributed by atoms with Crippen molar-refractivity contribution in [3.63, 3.8) is 0 Å². The fourth-order valence-electron chi connectivity index (χ4n) is 2.33. The Bertz CT molecular complexity index is 969. The number of nitrogens with zero attached hydrogens (tertiary/aromatic N) is 1. The second-order valence-electron chi connectivity index (χ2n) is 5.72. The van der Waals surface area contributed by atoms with Gasteiger partial charge in [0.1, 0.15) is 11.6 Å².